The number of nitrogens with one attached hydrogen (secondary N) is 2. The number of carboxylic acid groups (broad SMARTS) is 1. The predicted octanol–water partition coefficient (Wildman–Crippen LogP) is 2.39. The molecule has 3 aromatic rings. The molecule has 2 heterocycles. The molecule has 172 valence electrons. The molecule has 4 rings (SSSR count). The van der Waals surface area contributed by atoms with Gasteiger partial charge in [0.05, 0.1) is 5.92 Å². The first-order valence-corrected chi connectivity index (χ1v) is 10.8. The van der Waals surface area contributed by atoms with E-state index in [0.717, 1.165) is 0 Å². The molecule has 33 heavy (non-hydrogen) atoms. The molecule has 1 saturated carbocycles. The molecule has 0 radical (unpaired) electrons. The lowest BCUT2D eigenvalue weighted by Crippen LogP contribution is -2.32. The summed E-state index contributed by atoms with van der Waals surface area (Å²) in [7, 11) is 0. The van der Waals surface area contributed by atoms with Gasteiger partial charge in [-0.1, -0.05) is 12.1 Å². The highest BCUT2D eigenvalue weighted by molar-refractivity contribution is 5.89. The summed E-state index contributed by atoms with van der Waals surface area (Å²) in [5, 5.41) is 14.7. The fourth-order valence-corrected chi connectivity index (χ4v) is 4.19. The highest BCUT2D eigenvalue weighted by Crippen LogP contribution is 2.33. The van der Waals surface area contributed by atoms with Gasteiger partial charge in [0.2, 0.25) is 0 Å². The van der Waals surface area contributed by atoms with Gasteiger partial charge in [-0.3, -0.25) is 14.2 Å². The third-order valence-electron chi connectivity index (χ3n) is 5.87. The number of carboxylic acids is 1. The Kier molecular flexibility index (Phi) is 6.20. The second-order valence-corrected chi connectivity index (χ2v) is 7.97. The Balaban J connectivity index is 1.75. The Bertz CT molecular complexity index is 1250. The number of nitrogens with zero attached hydrogens (tertiary/aromatic N) is 4. The quantitative estimate of drug-likeness (QED) is 0.459. The van der Waals surface area contributed by atoms with Gasteiger partial charge in [-0.2, -0.15) is 0 Å². The number of hydrogen-bond acceptors (Lipinski definition) is 7. The van der Waals surface area contributed by atoms with Crippen LogP contribution in [0.25, 0.3) is 22.4 Å². The number of aromatic nitrogens is 4. The van der Waals surface area contributed by atoms with Crippen LogP contribution >= 0.6 is 0 Å². The third-order valence-corrected chi connectivity index (χ3v) is 5.87. The molecule has 11 nitrogen and oxygen atoms in total. The highest BCUT2D eigenvalue weighted by Gasteiger charge is 2.29. The zero-order chi connectivity index (χ0) is 23.5. The van der Waals surface area contributed by atoms with Crippen LogP contribution in [0.15, 0.2) is 35.4 Å². The lowest BCUT2D eigenvalue weighted by Gasteiger charge is -2.28. The molecule has 1 aromatic carbocycles. The lowest BCUT2D eigenvalue weighted by atomic mass is 9.86. The summed E-state index contributed by atoms with van der Waals surface area (Å²) >= 11 is 0. The normalized spacial score (nSPS) is 18.1. The van der Waals surface area contributed by atoms with Gasteiger partial charge in [0.1, 0.15) is 17.5 Å². The van der Waals surface area contributed by atoms with Crippen molar-refractivity contribution in [3.63, 3.8) is 0 Å². The minimum atomic E-state index is -0.811. The summed E-state index contributed by atoms with van der Waals surface area (Å²) < 4.78 is 1.58. The smallest absolute Gasteiger partial charge is 0.319 e. The van der Waals surface area contributed by atoms with Crippen molar-refractivity contribution < 1.29 is 14.7 Å². The monoisotopic (exact) mass is 451 g/mol. The maximum Gasteiger partial charge on any atom is 0.319 e. The van der Waals surface area contributed by atoms with Crippen LogP contribution < -0.4 is 21.9 Å². The van der Waals surface area contributed by atoms with E-state index in [9.17, 15) is 19.5 Å². The summed E-state index contributed by atoms with van der Waals surface area (Å²) in [5.41, 5.74) is 7.70. The summed E-state index contributed by atoms with van der Waals surface area (Å²) in [5.74, 6) is -1.06. The maximum atomic E-state index is 13.6. The van der Waals surface area contributed by atoms with Gasteiger partial charge in [-0.25, -0.2) is 19.7 Å². The van der Waals surface area contributed by atoms with Gasteiger partial charge in [-0.15, -0.1) is 0 Å². The van der Waals surface area contributed by atoms with Crippen LogP contribution in [0, 0.1) is 5.92 Å². The van der Waals surface area contributed by atoms with Crippen LogP contribution in [0.1, 0.15) is 38.6 Å². The molecule has 0 unspecified atom stereocenters. The summed E-state index contributed by atoms with van der Waals surface area (Å²) in [4.78, 5) is 49.4. The van der Waals surface area contributed by atoms with Crippen molar-refractivity contribution in [2.45, 2.75) is 38.6 Å². The van der Waals surface area contributed by atoms with Gasteiger partial charge in [0, 0.05) is 23.8 Å². The van der Waals surface area contributed by atoms with Crippen molar-refractivity contribution in [1.29, 1.82) is 0 Å². The molecule has 0 atom stereocenters. The van der Waals surface area contributed by atoms with E-state index in [2.05, 4.69) is 25.6 Å². The van der Waals surface area contributed by atoms with Gasteiger partial charge in [0.25, 0.3) is 5.56 Å². The van der Waals surface area contributed by atoms with E-state index in [4.69, 9.17) is 5.73 Å². The number of amides is 2. The van der Waals surface area contributed by atoms with Crippen molar-refractivity contribution in [2.75, 3.05) is 17.6 Å². The summed E-state index contributed by atoms with van der Waals surface area (Å²) in [6, 6.07) is 6.22. The van der Waals surface area contributed by atoms with Gasteiger partial charge >= 0.3 is 12.0 Å². The number of carbonyl (C=O) groups excluding carboxylic acids is 1. The number of fused-ring (bicyclic) bond motifs is 1. The second kappa shape index (κ2) is 9.23. The van der Waals surface area contributed by atoms with Crippen molar-refractivity contribution in [3.05, 3.63) is 40.9 Å². The molecule has 5 N–H and O–H groups in total. The van der Waals surface area contributed by atoms with Crippen LogP contribution in [0.4, 0.5) is 16.3 Å². The van der Waals surface area contributed by atoms with Crippen LogP contribution in [0.5, 0.6) is 0 Å². The molecule has 1 aliphatic carbocycles. The number of benzene rings is 1. The minimum Gasteiger partial charge on any atom is -0.481 e. The fraction of sp³-hybridized carbons (Fsp3) is 0.364. The number of hydrogen-bond donors (Lipinski definition) is 4. The van der Waals surface area contributed by atoms with E-state index in [1.54, 1.807) is 28.8 Å². The van der Waals surface area contributed by atoms with E-state index in [1.165, 1.54) is 6.33 Å². The average Bonchev–Trinajstić information content (AvgIpc) is 2.80. The first-order valence-electron chi connectivity index (χ1n) is 10.8. The maximum absolute atomic E-state index is 13.6. The molecule has 1 fully saturated rings. The number of carbonyl (C=O) groups is 2. The molecular weight excluding hydrogens is 426 g/mol. The molecule has 0 bridgehead atoms. The van der Waals surface area contributed by atoms with Crippen molar-refractivity contribution >= 4 is 34.7 Å². The molecule has 0 saturated heterocycles. The van der Waals surface area contributed by atoms with E-state index < -0.39 is 11.9 Å². The topological polar surface area (TPSA) is 165 Å². The third kappa shape index (κ3) is 4.47. The van der Waals surface area contributed by atoms with E-state index >= 15 is 0 Å². The zero-order valence-corrected chi connectivity index (χ0v) is 18.1. The van der Waals surface area contributed by atoms with Crippen molar-refractivity contribution in [3.8, 4) is 11.3 Å². The zero-order valence-electron chi connectivity index (χ0n) is 18.1. The fourth-order valence-electron chi connectivity index (χ4n) is 4.19. The van der Waals surface area contributed by atoms with E-state index in [-0.39, 0.29) is 29.1 Å². The molecule has 11 heteroatoms. The number of rotatable bonds is 5. The summed E-state index contributed by atoms with van der Waals surface area (Å²) in [6.45, 7) is 2.32. The largest absolute Gasteiger partial charge is 0.481 e. The van der Waals surface area contributed by atoms with Gasteiger partial charge < -0.3 is 21.5 Å². The van der Waals surface area contributed by atoms with E-state index in [0.29, 0.717) is 54.6 Å². The standard InChI is InChI=1S/C22H25N7O4/c1-2-24-22(33)27-14-7-3-12(4-8-14)16-20(30)29(15-9-5-13(6-10-15)21(31)32)19-17(28-16)18(23)25-11-26-19/h3-4,7-8,11,13,15H,2,5-6,9-10H2,1H3,(H,31,32)(H2,23,25,26)(H2,24,27,33). The van der Waals surface area contributed by atoms with Crippen molar-refractivity contribution in [1.82, 2.24) is 24.8 Å². The SMILES string of the molecule is CCNC(=O)Nc1ccc(-c2nc3c(N)ncnc3n(C3CCC(C(=O)O)CC3)c2=O)cc1. The number of aliphatic carboxylic acids is 1. The van der Waals surface area contributed by atoms with Crippen LogP contribution in [-0.4, -0.2) is 43.2 Å². The minimum absolute atomic E-state index is 0.156. The first-order chi connectivity index (χ1) is 15.9. The Morgan fingerprint density at radius 1 is 1.15 bits per heavy atom. The van der Waals surface area contributed by atoms with Gasteiger partial charge in [0.15, 0.2) is 11.5 Å². The Labute approximate surface area is 189 Å². The number of urea groups is 1. The van der Waals surface area contributed by atoms with Crippen LogP contribution in [-0.2, 0) is 4.79 Å². The molecular formula is C22H25N7O4. The average molecular weight is 451 g/mol. The Morgan fingerprint density at radius 3 is 2.48 bits per heavy atom. The number of nitrogen functional groups attached to an aromatic ring is 1. The lowest BCUT2D eigenvalue weighted by molar-refractivity contribution is -0.143. The van der Waals surface area contributed by atoms with Crippen LogP contribution in [0.2, 0.25) is 0 Å². The molecule has 2 amide bonds. The van der Waals surface area contributed by atoms with E-state index in [1.807, 2.05) is 6.92 Å². The van der Waals surface area contributed by atoms with Gasteiger partial charge in [-0.05, 0) is 44.7 Å². The molecule has 0 spiro atoms. The Hall–Kier alpha value is -4.02. The molecule has 1 aliphatic rings. The second-order valence-electron chi connectivity index (χ2n) is 7.97. The number of anilines is 2. The predicted molar refractivity (Wildman–Crippen MR) is 123 cm³/mol. The molecule has 0 aliphatic heterocycles. The highest BCUT2D eigenvalue weighted by atomic mass is 16.4. The van der Waals surface area contributed by atoms with Crippen LogP contribution in [0.3, 0.4) is 0 Å². The Morgan fingerprint density at radius 2 is 1.85 bits per heavy atom. The number of nitrogens with two attached hydrogens (primary N) is 1. The first kappa shape index (κ1) is 22.2. The molecule has 2 aromatic heterocycles. The summed E-state index contributed by atoms with van der Waals surface area (Å²) in [6.07, 6.45) is 3.32. The van der Waals surface area contributed by atoms with Crippen molar-refractivity contribution in [2.24, 2.45) is 5.92 Å².